The van der Waals surface area contributed by atoms with E-state index in [2.05, 4.69) is 4.98 Å². The summed E-state index contributed by atoms with van der Waals surface area (Å²) >= 11 is 0. The summed E-state index contributed by atoms with van der Waals surface area (Å²) in [4.78, 5) is 17.1. The molecule has 0 saturated heterocycles. The first-order valence-corrected chi connectivity index (χ1v) is 7.88. The smallest absolute Gasteiger partial charge is 0.203 e. The molecule has 2 heterocycles. The molecule has 1 N–H and O–H groups in total. The molecule has 126 valence electrons. The number of allylic oxidation sites excluding steroid dienone is 1. The lowest BCUT2D eigenvalue weighted by atomic mass is 10.1. The lowest BCUT2D eigenvalue weighted by Gasteiger charge is -2.05. The highest BCUT2D eigenvalue weighted by atomic mass is 16.3. The van der Waals surface area contributed by atoms with Gasteiger partial charge in [0, 0.05) is 7.05 Å². The first-order valence-electron chi connectivity index (χ1n) is 7.88. The molecule has 0 unspecified atom stereocenters. The number of fused-ring (bicyclic) bond motifs is 2. The molecule has 0 spiro atoms. The summed E-state index contributed by atoms with van der Waals surface area (Å²) in [7, 11) is 1.75. The maximum absolute atomic E-state index is 12.7. The van der Waals surface area contributed by atoms with Gasteiger partial charge in [0.2, 0.25) is 5.43 Å². The van der Waals surface area contributed by atoms with Gasteiger partial charge in [0.1, 0.15) is 29.1 Å². The van der Waals surface area contributed by atoms with Crippen LogP contribution in [0.5, 0.6) is 0 Å². The first kappa shape index (κ1) is 15.7. The van der Waals surface area contributed by atoms with Crippen LogP contribution in [0.2, 0.25) is 0 Å². The molecule has 0 radical (unpaired) electrons. The molecule has 6 heteroatoms. The molecule has 0 aliphatic carbocycles. The van der Waals surface area contributed by atoms with Crippen LogP contribution in [0.3, 0.4) is 0 Å². The van der Waals surface area contributed by atoms with Crippen molar-refractivity contribution in [2.24, 2.45) is 7.05 Å². The van der Waals surface area contributed by atoms with Crippen molar-refractivity contribution in [2.45, 2.75) is 0 Å². The van der Waals surface area contributed by atoms with E-state index in [0.29, 0.717) is 16.5 Å². The average Bonchev–Trinajstić information content (AvgIpc) is 3.00. The number of aromatic nitrogens is 2. The van der Waals surface area contributed by atoms with E-state index in [1.165, 1.54) is 6.26 Å². The summed E-state index contributed by atoms with van der Waals surface area (Å²) in [6.07, 6.45) is 1.17. The predicted molar refractivity (Wildman–Crippen MR) is 98.3 cm³/mol. The monoisotopic (exact) mass is 343 g/mol. The van der Waals surface area contributed by atoms with Gasteiger partial charge in [0.25, 0.3) is 0 Å². The fourth-order valence-corrected chi connectivity index (χ4v) is 2.95. The van der Waals surface area contributed by atoms with E-state index < -0.39 is 11.2 Å². The molecule has 6 nitrogen and oxygen atoms in total. The molecular weight excluding hydrogens is 330 g/mol. The number of nitriles is 1. The lowest BCUT2D eigenvalue weighted by molar-refractivity contribution is 0.506. The van der Waals surface area contributed by atoms with Gasteiger partial charge >= 0.3 is 0 Å². The number of aliphatic hydroxyl groups is 1. The Kier molecular flexibility index (Phi) is 3.55. The number of aryl methyl sites for hydroxylation is 1. The fraction of sp³-hybridized carbons (Fsp3) is 0.0500. The van der Waals surface area contributed by atoms with Gasteiger partial charge in [0.15, 0.2) is 11.6 Å². The summed E-state index contributed by atoms with van der Waals surface area (Å²) in [5, 5.41) is 20.6. The van der Waals surface area contributed by atoms with Crippen molar-refractivity contribution in [3.8, 4) is 6.07 Å². The molecule has 0 bridgehead atoms. The van der Waals surface area contributed by atoms with Crippen LogP contribution in [0.25, 0.3) is 33.3 Å². The van der Waals surface area contributed by atoms with E-state index >= 15 is 0 Å². The first-order chi connectivity index (χ1) is 12.6. The number of imidazole rings is 1. The van der Waals surface area contributed by atoms with Crippen LogP contribution >= 0.6 is 0 Å². The molecule has 2 aromatic heterocycles. The highest BCUT2D eigenvalue weighted by Gasteiger charge is 2.20. The zero-order valence-electron chi connectivity index (χ0n) is 13.8. The van der Waals surface area contributed by atoms with Gasteiger partial charge in [-0.25, -0.2) is 4.98 Å². The third-order valence-corrected chi connectivity index (χ3v) is 4.29. The summed E-state index contributed by atoms with van der Waals surface area (Å²) < 4.78 is 7.13. The molecule has 0 saturated carbocycles. The SMILES string of the molecule is Cn1c(/C(C#N)=C(\O)c2coc3ccccc3c2=O)nc2ccccc21. The third-order valence-electron chi connectivity index (χ3n) is 4.29. The largest absolute Gasteiger partial charge is 0.506 e. The Hall–Kier alpha value is -3.85. The van der Waals surface area contributed by atoms with E-state index in [0.717, 1.165) is 5.52 Å². The molecule has 4 aromatic rings. The lowest BCUT2D eigenvalue weighted by Crippen LogP contribution is -2.10. The molecule has 0 fully saturated rings. The standard InChI is InChI=1S/C20H13N3O3/c1-23-16-8-4-3-7-15(16)22-20(23)13(10-21)19(25)14-11-26-17-9-5-2-6-12(17)18(14)24/h2-9,11,25H,1H3/b19-13-. The third kappa shape index (κ3) is 2.26. The van der Waals surface area contributed by atoms with E-state index in [9.17, 15) is 15.2 Å². The summed E-state index contributed by atoms with van der Waals surface area (Å²) in [5.41, 5.74) is 1.34. The minimum absolute atomic E-state index is 0.0766. The summed E-state index contributed by atoms with van der Waals surface area (Å²) in [5.74, 6) is -0.177. The van der Waals surface area contributed by atoms with Crippen molar-refractivity contribution in [3.63, 3.8) is 0 Å². The van der Waals surface area contributed by atoms with Gasteiger partial charge in [-0.15, -0.1) is 0 Å². The van der Waals surface area contributed by atoms with Crippen LogP contribution < -0.4 is 5.43 Å². The van der Waals surface area contributed by atoms with Gasteiger partial charge in [-0.2, -0.15) is 5.26 Å². The molecule has 0 atom stereocenters. The Morgan fingerprint density at radius 2 is 1.92 bits per heavy atom. The number of benzene rings is 2. The van der Waals surface area contributed by atoms with E-state index in [4.69, 9.17) is 4.42 Å². The van der Waals surface area contributed by atoms with Crippen molar-refractivity contribution >= 4 is 33.3 Å². The predicted octanol–water partition coefficient (Wildman–Crippen LogP) is 3.63. The fourth-order valence-electron chi connectivity index (χ4n) is 2.95. The zero-order valence-corrected chi connectivity index (χ0v) is 13.8. The Morgan fingerprint density at radius 1 is 1.19 bits per heavy atom. The average molecular weight is 343 g/mol. The van der Waals surface area contributed by atoms with Crippen molar-refractivity contribution in [3.05, 3.63) is 76.4 Å². The Balaban J connectivity index is 1.99. The van der Waals surface area contributed by atoms with Crippen LogP contribution in [0, 0.1) is 11.3 Å². The summed E-state index contributed by atoms with van der Waals surface area (Å²) in [6.45, 7) is 0. The van der Waals surface area contributed by atoms with Crippen LogP contribution in [0.15, 0.2) is 64.0 Å². The van der Waals surface area contributed by atoms with Gasteiger partial charge in [-0.1, -0.05) is 24.3 Å². The number of hydrogen-bond acceptors (Lipinski definition) is 5. The number of aliphatic hydroxyl groups excluding tert-OH is 1. The summed E-state index contributed by atoms with van der Waals surface area (Å²) in [6, 6.07) is 16.1. The van der Waals surface area contributed by atoms with Crippen molar-refractivity contribution in [1.82, 2.24) is 9.55 Å². The van der Waals surface area contributed by atoms with Gasteiger partial charge in [0.05, 0.1) is 16.4 Å². The van der Waals surface area contributed by atoms with Crippen molar-refractivity contribution < 1.29 is 9.52 Å². The maximum Gasteiger partial charge on any atom is 0.203 e. The molecule has 4 rings (SSSR count). The minimum Gasteiger partial charge on any atom is -0.506 e. The number of rotatable bonds is 2. The molecule has 0 aliphatic heterocycles. The molecular formula is C20H13N3O3. The second-order valence-electron chi connectivity index (χ2n) is 5.79. The molecule has 26 heavy (non-hydrogen) atoms. The van der Waals surface area contributed by atoms with Crippen molar-refractivity contribution in [1.29, 1.82) is 5.26 Å². The highest BCUT2D eigenvalue weighted by molar-refractivity contribution is 5.95. The van der Waals surface area contributed by atoms with Crippen LogP contribution in [0.1, 0.15) is 11.4 Å². The molecule has 0 aliphatic rings. The quantitative estimate of drug-likeness (QED) is 0.443. The Bertz CT molecular complexity index is 1290. The molecule has 0 amide bonds. The number of para-hydroxylation sites is 3. The highest BCUT2D eigenvalue weighted by Crippen LogP contribution is 2.26. The van der Waals surface area contributed by atoms with Gasteiger partial charge in [-0.05, 0) is 24.3 Å². The minimum atomic E-state index is -0.453. The topological polar surface area (TPSA) is 92.0 Å². The normalized spacial score (nSPS) is 12.2. The Labute approximate surface area is 147 Å². The van der Waals surface area contributed by atoms with Gasteiger partial charge < -0.3 is 14.1 Å². The second-order valence-corrected chi connectivity index (χ2v) is 5.79. The van der Waals surface area contributed by atoms with E-state index in [-0.39, 0.29) is 17.0 Å². The van der Waals surface area contributed by atoms with E-state index in [1.54, 1.807) is 35.9 Å². The zero-order chi connectivity index (χ0) is 18.3. The second kappa shape index (κ2) is 5.90. The van der Waals surface area contributed by atoms with Crippen LogP contribution in [0.4, 0.5) is 0 Å². The van der Waals surface area contributed by atoms with Gasteiger partial charge in [-0.3, -0.25) is 4.79 Å². The molecule has 2 aromatic carbocycles. The number of hydrogen-bond donors (Lipinski definition) is 1. The van der Waals surface area contributed by atoms with Crippen LogP contribution in [-0.2, 0) is 7.05 Å². The van der Waals surface area contributed by atoms with Crippen LogP contribution in [-0.4, -0.2) is 14.7 Å². The van der Waals surface area contributed by atoms with Crippen molar-refractivity contribution in [2.75, 3.05) is 0 Å². The maximum atomic E-state index is 12.7. The van der Waals surface area contributed by atoms with E-state index in [1.807, 2.05) is 30.3 Å². The Morgan fingerprint density at radius 3 is 2.69 bits per heavy atom. The number of nitrogens with zero attached hydrogens (tertiary/aromatic N) is 3.